The van der Waals surface area contributed by atoms with Gasteiger partial charge in [-0.2, -0.15) is 13.2 Å². The second-order valence-electron chi connectivity index (χ2n) is 4.91. The molecule has 1 aliphatic heterocycles. The van der Waals surface area contributed by atoms with Crippen molar-refractivity contribution in [1.29, 1.82) is 0 Å². The molecule has 106 valence electrons. The number of ether oxygens (including phenoxy) is 1. The van der Waals surface area contributed by atoms with Crippen LogP contribution in [0, 0.1) is 5.92 Å². The molecule has 0 aromatic rings. The zero-order chi connectivity index (χ0) is 14.0. The number of carbonyl (C=O) groups is 1. The molecule has 0 aliphatic carbocycles. The van der Waals surface area contributed by atoms with Gasteiger partial charge in [0.15, 0.2) is 5.54 Å². The molecule has 1 amide bonds. The minimum absolute atomic E-state index is 0.131. The molecule has 1 rings (SSSR count). The third-order valence-electron chi connectivity index (χ3n) is 3.39. The Morgan fingerprint density at radius 2 is 1.89 bits per heavy atom. The lowest BCUT2D eigenvalue weighted by atomic mass is 9.92. The van der Waals surface area contributed by atoms with E-state index in [1.54, 1.807) is 6.92 Å². The molecule has 7 heteroatoms. The Balaban J connectivity index is 2.58. The molecule has 0 aromatic carbocycles. The number of nitrogens with one attached hydrogen (secondary N) is 1. The van der Waals surface area contributed by atoms with E-state index in [1.165, 1.54) is 0 Å². The second kappa shape index (κ2) is 5.44. The minimum Gasteiger partial charge on any atom is -0.381 e. The summed E-state index contributed by atoms with van der Waals surface area (Å²) in [5, 5.41) is 2.36. The van der Waals surface area contributed by atoms with Crippen LogP contribution in [0.4, 0.5) is 13.2 Å². The number of nitrogens with two attached hydrogens (primary N) is 1. The number of halogens is 3. The number of rotatable bonds is 3. The molecular weight excluding hydrogens is 249 g/mol. The van der Waals surface area contributed by atoms with Crippen molar-refractivity contribution in [3.05, 3.63) is 0 Å². The van der Waals surface area contributed by atoms with Crippen LogP contribution >= 0.6 is 0 Å². The molecule has 0 bridgehead atoms. The van der Waals surface area contributed by atoms with Crippen molar-refractivity contribution < 1.29 is 22.7 Å². The van der Waals surface area contributed by atoms with Gasteiger partial charge in [-0.25, -0.2) is 0 Å². The van der Waals surface area contributed by atoms with Gasteiger partial charge in [-0.3, -0.25) is 4.79 Å². The van der Waals surface area contributed by atoms with Gasteiger partial charge in [0.1, 0.15) is 0 Å². The predicted octanol–water partition coefficient (Wildman–Crippen LogP) is 1.20. The highest BCUT2D eigenvalue weighted by Crippen LogP contribution is 2.28. The van der Waals surface area contributed by atoms with Gasteiger partial charge in [-0.15, -0.1) is 0 Å². The van der Waals surface area contributed by atoms with Crippen LogP contribution in [0.2, 0.25) is 0 Å². The Kier molecular flexibility index (Phi) is 4.61. The van der Waals surface area contributed by atoms with E-state index in [2.05, 4.69) is 5.32 Å². The number of alkyl halides is 3. The molecule has 3 N–H and O–H groups in total. The zero-order valence-corrected chi connectivity index (χ0v) is 10.5. The third-order valence-corrected chi connectivity index (χ3v) is 3.39. The van der Waals surface area contributed by atoms with E-state index in [0.717, 1.165) is 12.8 Å². The van der Waals surface area contributed by atoms with E-state index < -0.39 is 17.6 Å². The zero-order valence-electron chi connectivity index (χ0n) is 10.5. The van der Waals surface area contributed by atoms with Gasteiger partial charge in [0, 0.05) is 19.3 Å². The van der Waals surface area contributed by atoms with Crippen LogP contribution in [0.3, 0.4) is 0 Å². The molecule has 0 aromatic heterocycles. The lowest BCUT2D eigenvalue weighted by Crippen LogP contribution is -2.63. The van der Waals surface area contributed by atoms with Crippen molar-refractivity contribution in [3.8, 4) is 0 Å². The molecule has 4 nitrogen and oxygen atoms in total. The summed E-state index contributed by atoms with van der Waals surface area (Å²) in [5.41, 5.74) is 2.20. The molecule has 1 aliphatic rings. The highest BCUT2D eigenvalue weighted by molar-refractivity contribution is 5.86. The average Bonchev–Trinajstić information content (AvgIpc) is 2.28. The van der Waals surface area contributed by atoms with Crippen LogP contribution in [-0.2, 0) is 9.53 Å². The van der Waals surface area contributed by atoms with Gasteiger partial charge in [0.25, 0.3) is 0 Å². The summed E-state index contributed by atoms with van der Waals surface area (Å²) in [5.74, 6) is -1.05. The average molecular weight is 268 g/mol. The van der Waals surface area contributed by atoms with Crippen LogP contribution in [0.5, 0.6) is 0 Å². The van der Waals surface area contributed by atoms with E-state index in [0.29, 0.717) is 20.1 Å². The first-order chi connectivity index (χ1) is 8.16. The molecule has 2 unspecified atom stereocenters. The largest absolute Gasteiger partial charge is 0.415 e. The fraction of sp³-hybridized carbons (Fsp3) is 0.909. The van der Waals surface area contributed by atoms with E-state index in [4.69, 9.17) is 10.5 Å². The molecule has 2 atom stereocenters. The molecular formula is C11H19F3N2O2. The summed E-state index contributed by atoms with van der Waals surface area (Å²) in [6.07, 6.45) is -3.30. The summed E-state index contributed by atoms with van der Waals surface area (Å²) in [6, 6.07) is -0.341. The van der Waals surface area contributed by atoms with E-state index in [-0.39, 0.29) is 12.0 Å². The summed E-state index contributed by atoms with van der Waals surface area (Å²) in [7, 11) is 0. The lowest BCUT2D eigenvalue weighted by Gasteiger charge is -2.32. The monoisotopic (exact) mass is 268 g/mol. The fourth-order valence-electron chi connectivity index (χ4n) is 1.82. The first-order valence-corrected chi connectivity index (χ1v) is 5.90. The lowest BCUT2D eigenvalue weighted by molar-refractivity contribution is -0.188. The van der Waals surface area contributed by atoms with Crippen LogP contribution in [0.25, 0.3) is 0 Å². The van der Waals surface area contributed by atoms with E-state index in [9.17, 15) is 18.0 Å². The van der Waals surface area contributed by atoms with Crippen LogP contribution in [0.1, 0.15) is 26.7 Å². The second-order valence-corrected chi connectivity index (χ2v) is 4.91. The first kappa shape index (κ1) is 15.2. The standard InChI is InChI=1S/C11H19F3N2O2/c1-7(8-3-5-18-6-4-8)16-9(17)10(2,15)11(12,13)14/h7-8H,3-6,15H2,1-2H3,(H,16,17). The molecule has 18 heavy (non-hydrogen) atoms. The Morgan fingerprint density at radius 3 is 2.33 bits per heavy atom. The van der Waals surface area contributed by atoms with Gasteiger partial charge in [-0.05, 0) is 32.6 Å². The van der Waals surface area contributed by atoms with Crippen molar-refractivity contribution in [2.24, 2.45) is 11.7 Å². The maximum atomic E-state index is 12.6. The summed E-state index contributed by atoms with van der Waals surface area (Å²) in [4.78, 5) is 11.6. The first-order valence-electron chi connectivity index (χ1n) is 5.90. The Morgan fingerprint density at radius 1 is 1.39 bits per heavy atom. The summed E-state index contributed by atoms with van der Waals surface area (Å²) >= 11 is 0. The van der Waals surface area contributed by atoms with E-state index in [1.807, 2.05) is 0 Å². The molecule has 0 radical (unpaired) electrons. The van der Waals surface area contributed by atoms with Crippen molar-refractivity contribution in [2.75, 3.05) is 13.2 Å². The molecule has 1 saturated heterocycles. The van der Waals surface area contributed by atoms with E-state index >= 15 is 0 Å². The van der Waals surface area contributed by atoms with Gasteiger partial charge < -0.3 is 15.8 Å². The van der Waals surface area contributed by atoms with Gasteiger partial charge in [-0.1, -0.05) is 0 Å². The number of hydrogen-bond acceptors (Lipinski definition) is 3. The number of amides is 1. The fourth-order valence-corrected chi connectivity index (χ4v) is 1.82. The summed E-state index contributed by atoms with van der Waals surface area (Å²) < 4.78 is 42.9. The topological polar surface area (TPSA) is 64.4 Å². The molecule has 1 heterocycles. The van der Waals surface area contributed by atoms with Gasteiger partial charge in [0.2, 0.25) is 5.91 Å². The minimum atomic E-state index is -4.76. The Labute approximate surface area is 104 Å². The smallest absolute Gasteiger partial charge is 0.381 e. The number of carbonyl (C=O) groups excluding carboxylic acids is 1. The van der Waals surface area contributed by atoms with Crippen molar-refractivity contribution in [3.63, 3.8) is 0 Å². The van der Waals surface area contributed by atoms with Crippen LogP contribution in [0.15, 0.2) is 0 Å². The van der Waals surface area contributed by atoms with Crippen molar-refractivity contribution in [1.82, 2.24) is 5.32 Å². The predicted molar refractivity (Wildman–Crippen MR) is 59.8 cm³/mol. The quantitative estimate of drug-likeness (QED) is 0.808. The molecule has 0 saturated carbocycles. The van der Waals surface area contributed by atoms with Gasteiger partial charge in [0.05, 0.1) is 0 Å². The highest BCUT2D eigenvalue weighted by Gasteiger charge is 2.54. The maximum Gasteiger partial charge on any atom is 0.415 e. The van der Waals surface area contributed by atoms with Crippen molar-refractivity contribution >= 4 is 5.91 Å². The van der Waals surface area contributed by atoms with Crippen LogP contribution < -0.4 is 11.1 Å². The highest BCUT2D eigenvalue weighted by atomic mass is 19.4. The maximum absolute atomic E-state index is 12.6. The summed E-state index contributed by atoms with van der Waals surface area (Å²) in [6.45, 7) is 3.52. The van der Waals surface area contributed by atoms with Crippen LogP contribution in [-0.4, -0.2) is 36.9 Å². The molecule has 1 fully saturated rings. The normalized spacial score (nSPS) is 23.2. The number of hydrogen-bond donors (Lipinski definition) is 2. The molecule has 0 spiro atoms. The third kappa shape index (κ3) is 3.35. The Hall–Kier alpha value is -0.820. The SMILES string of the molecule is CC(NC(=O)C(C)(N)C(F)(F)F)C1CCOCC1. The Bertz CT molecular complexity index is 299. The van der Waals surface area contributed by atoms with Gasteiger partial charge >= 0.3 is 6.18 Å². The van der Waals surface area contributed by atoms with Crippen molar-refractivity contribution in [2.45, 2.75) is 44.4 Å².